The summed E-state index contributed by atoms with van der Waals surface area (Å²) in [6.45, 7) is 0. The van der Waals surface area contributed by atoms with Gasteiger partial charge in [-0.1, -0.05) is 18.2 Å². The molecule has 0 saturated carbocycles. The standard InChI is InChI=1S/C11H11N4/c12-10-6-2-3-7-11(10)13-14-15-8-4-1-5-9-15/h1-9H,12H2/q+1/b14-13+. The Bertz CT molecular complexity index is 465. The van der Waals surface area contributed by atoms with E-state index in [2.05, 4.69) is 10.3 Å². The van der Waals surface area contributed by atoms with Crippen LogP contribution in [0.5, 0.6) is 0 Å². The van der Waals surface area contributed by atoms with E-state index in [0.29, 0.717) is 11.4 Å². The second-order valence-corrected chi connectivity index (χ2v) is 3.00. The van der Waals surface area contributed by atoms with E-state index in [1.54, 1.807) is 10.7 Å². The lowest BCUT2D eigenvalue weighted by atomic mass is 10.3. The smallest absolute Gasteiger partial charge is 0.226 e. The van der Waals surface area contributed by atoms with Gasteiger partial charge in [0, 0.05) is 0 Å². The molecule has 0 fully saturated rings. The summed E-state index contributed by atoms with van der Waals surface area (Å²) in [5.74, 6) is 0. The molecule has 74 valence electrons. The Morgan fingerprint density at radius 3 is 2.40 bits per heavy atom. The van der Waals surface area contributed by atoms with E-state index in [1.165, 1.54) is 0 Å². The molecule has 0 spiro atoms. The molecule has 0 unspecified atom stereocenters. The summed E-state index contributed by atoms with van der Waals surface area (Å²) in [5.41, 5.74) is 7.02. The fraction of sp³-hybridized carbons (Fsp3) is 0. The fourth-order valence-corrected chi connectivity index (χ4v) is 1.13. The number of para-hydroxylation sites is 1. The number of nitrogens with zero attached hydrogens (tertiary/aromatic N) is 3. The van der Waals surface area contributed by atoms with Gasteiger partial charge in [-0.3, -0.25) is 0 Å². The Kier molecular flexibility index (Phi) is 2.69. The number of hydrogen-bond donors (Lipinski definition) is 1. The number of nitrogen functional groups attached to an aromatic ring is 1. The van der Waals surface area contributed by atoms with Gasteiger partial charge in [0.15, 0.2) is 0 Å². The lowest BCUT2D eigenvalue weighted by Crippen LogP contribution is -2.24. The van der Waals surface area contributed by atoms with Crippen LogP contribution in [0.15, 0.2) is 65.2 Å². The normalized spacial score (nSPS) is 10.7. The molecule has 1 aromatic heterocycles. The van der Waals surface area contributed by atoms with Crippen LogP contribution in [0.3, 0.4) is 0 Å². The summed E-state index contributed by atoms with van der Waals surface area (Å²) in [6, 6.07) is 13.0. The molecule has 4 heteroatoms. The van der Waals surface area contributed by atoms with Gasteiger partial charge in [-0.05, 0) is 24.3 Å². The first-order valence-corrected chi connectivity index (χ1v) is 4.59. The maximum atomic E-state index is 5.72. The van der Waals surface area contributed by atoms with Crippen molar-refractivity contribution in [2.45, 2.75) is 0 Å². The third-order valence-corrected chi connectivity index (χ3v) is 1.89. The van der Waals surface area contributed by atoms with E-state index in [9.17, 15) is 0 Å². The summed E-state index contributed by atoms with van der Waals surface area (Å²) < 4.78 is 1.62. The van der Waals surface area contributed by atoms with Crippen LogP contribution in [0.4, 0.5) is 11.4 Å². The summed E-state index contributed by atoms with van der Waals surface area (Å²) in [7, 11) is 0. The lowest BCUT2D eigenvalue weighted by Gasteiger charge is -1.90. The zero-order valence-electron chi connectivity index (χ0n) is 8.12. The molecule has 1 heterocycles. The number of anilines is 1. The van der Waals surface area contributed by atoms with Crippen LogP contribution in [-0.4, -0.2) is 0 Å². The predicted octanol–water partition coefficient (Wildman–Crippen LogP) is 2.10. The molecule has 0 saturated heterocycles. The minimum Gasteiger partial charge on any atom is -0.395 e. The Morgan fingerprint density at radius 2 is 1.67 bits per heavy atom. The lowest BCUT2D eigenvalue weighted by molar-refractivity contribution is -0.685. The quantitative estimate of drug-likeness (QED) is 0.449. The molecule has 0 aliphatic heterocycles. The zero-order chi connectivity index (χ0) is 10.5. The SMILES string of the molecule is Nc1ccccc1/N=N/[n+]1ccccc1. The van der Waals surface area contributed by atoms with E-state index < -0.39 is 0 Å². The van der Waals surface area contributed by atoms with E-state index in [-0.39, 0.29) is 0 Å². The van der Waals surface area contributed by atoms with Gasteiger partial charge in [0.1, 0.15) is 17.6 Å². The number of benzene rings is 1. The maximum Gasteiger partial charge on any atom is 0.226 e. The first-order valence-electron chi connectivity index (χ1n) is 4.59. The Morgan fingerprint density at radius 1 is 0.933 bits per heavy atom. The number of pyridine rings is 1. The van der Waals surface area contributed by atoms with Gasteiger partial charge in [-0.2, -0.15) is 0 Å². The van der Waals surface area contributed by atoms with Crippen LogP contribution in [0.25, 0.3) is 0 Å². The van der Waals surface area contributed by atoms with E-state index >= 15 is 0 Å². The van der Waals surface area contributed by atoms with Crippen LogP contribution in [-0.2, 0) is 0 Å². The minimum atomic E-state index is 0.623. The molecular formula is C11H11N4+. The van der Waals surface area contributed by atoms with Gasteiger partial charge in [-0.15, -0.1) is 4.68 Å². The van der Waals surface area contributed by atoms with E-state index in [0.717, 1.165) is 0 Å². The second kappa shape index (κ2) is 4.32. The summed E-state index contributed by atoms with van der Waals surface area (Å²) in [5, 5.41) is 8.04. The highest BCUT2D eigenvalue weighted by molar-refractivity contribution is 5.61. The predicted molar refractivity (Wildman–Crippen MR) is 57.4 cm³/mol. The van der Waals surface area contributed by atoms with Crippen molar-refractivity contribution >= 4 is 11.4 Å². The Hall–Kier alpha value is -2.23. The second-order valence-electron chi connectivity index (χ2n) is 3.00. The summed E-state index contributed by atoms with van der Waals surface area (Å²) in [4.78, 5) is 0. The van der Waals surface area contributed by atoms with E-state index in [1.807, 2.05) is 48.8 Å². The molecule has 1 aromatic carbocycles. The van der Waals surface area contributed by atoms with Gasteiger partial charge in [0.05, 0.1) is 10.8 Å². The van der Waals surface area contributed by atoms with Crippen molar-refractivity contribution in [2.24, 2.45) is 10.3 Å². The van der Waals surface area contributed by atoms with Crippen LogP contribution >= 0.6 is 0 Å². The zero-order valence-corrected chi connectivity index (χ0v) is 8.12. The van der Waals surface area contributed by atoms with Gasteiger partial charge < -0.3 is 5.73 Å². The largest absolute Gasteiger partial charge is 0.395 e. The van der Waals surface area contributed by atoms with Gasteiger partial charge in [0.2, 0.25) is 5.69 Å². The van der Waals surface area contributed by atoms with Crippen molar-refractivity contribution in [3.8, 4) is 0 Å². The average molecular weight is 199 g/mol. The number of aromatic nitrogens is 1. The average Bonchev–Trinajstić information content (AvgIpc) is 2.29. The van der Waals surface area contributed by atoms with Crippen LogP contribution in [0.2, 0.25) is 0 Å². The van der Waals surface area contributed by atoms with Crippen molar-refractivity contribution in [3.05, 3.63) is 54.9 Å². The number of rotatable bonds is 2. The van der Waals surface area contributed by atoms with Crippen molar-refractivity contribution in [1.82, 2.24) is 0 Å². The van der Waals surface area contributed by atoms with Crippen LogP contribution in [0.1, 0.15) is 0 Å². The highest BCUT2D eigenvalue weighted by Gasteiger charge is 2.01. The van der Waals surface area contributed by atoms with Gasteiger partial charge in [0.25, 0.3) is 0 Å². The highest BCUT2D eigenvalue weighted by Crippen LogP contribution is 2.20. The first-order chi connectivity index (χ1) is 7.36. The molecule has 0 amide bonds. The van der Waals surface area contributed by atoms with Crippen LogP contribution < -0.4 is 10.4 Å². The fourth-order valence-electron chi connectivity index (χ4n) is 1.13. The molecule has 0 atom stereocenters. The Labute approximate surface area is 87.7 Å². The molecule has 2 rings (SSSR count). The van der Waals surface area contributed by atoms with Gasteiger partial charge >= 0.3 is 0 Å². The monoisotopic (exact) mass is 199 g/mol. The molecule has 0 radical (unpaired) electrons. The van der Waals surface area contributed by atoms with Crippen LogP contribution in [0, 0.1) is 0 Å². The molecular weight excluding hydrogens is 188 g/mol. The maximum absolute atomic E-state index is 5.72. The van der Waals surface area contributed by atoms with Crippen molar-refractivity contribution < 1.29 is 4.68 Å². The summed E-state index contributed by atoms with van der Waals surface area (Å²) in [6.07, 6.45) is 3.62. The number of hydrogen-bond acceptors (Lipinski definition) is 3. The first kappa shape index (κ1) is 9.33. The van der Waals surface area contributed by atoms with Crippen molar-refractivity contribution in [1.29, 1.82) is 0 Å². The van der Waals surface area contributed by atoms with Crippen molar-refractivity contribution in [3.63, 3.8) is 0 Å². The molecule has 0 aliphatic rings. The third kappa shape index (κ3) is 2.37. The minimum absolute atomic E-state index is 0.623. The van der Waals surface area contributed by atoms with E-state index in [4.69, 9.17) is 5.73 Å². The molecule has 4 nitrogen and oxygen atoms in total. The van der Waals surface area contributed by atoms with Crippen molar-refractivity contribution in [2.75, 3.05) is 5.73 Å². The molecule has 15 heavy (non-hydrogen) atoms. The molecule has 0 aliphatic carbocycles. The molecule has 2 aromatic rings. The highest BCUT2D eigenvalue weighted by atomic mass is 15.4. The summed E-state index contributed by atoms with van der Waals surface area (Å²) >= 11 is 0. The molecule has 0 bridgehead atoms. The number of nitrogens with two attached hydrogens (primary N) is 1. The Balaban J connectivity index is 2.23. The topological polar surface area (TPSA) is 54.6 Å². The van der Waals surface area contributed by atoms with Gasteiger partial charge in [-0.25, -0.2) is 0 Å². The third-order valence-electron chi connectivity index (χ3n) is 1.89. The molecule has 2 N–H and O–H groups in total.